The molecule has 0 aliphatic heterocycles. The molecule has 0 aromatic heterocycles. The molecule has 0 radical (unpaired) electrons. The predicted octanol–water partition coefficient (Wildman–Crippen LogP) is 7.95. The molecule has 204 valence electrons. The zero-order valence-corrected chi connectivity index (χ0v) is 21.7. The summed E-state index contributed by atoms with van der Waals surface area (Å²) < 4.78 is 91.8. The number of alkyl halides is 6. The average Bonchev–Trinajstić information content (AvgIpc) is 2.85. The van der Waals surface area contributed by atoms with E-state index in [1.165, 1.54) is 6.08 Å². The molecular formula is C25H29F6NO4Si. The van der Waals surface area contributed by atoms with Crippen LogP contribution < -0.4 is 0 Å². The van der Waals surface area contributed by atoms with Crippen molar-refractivity contribution in [3.8, 4) is 0 Å². The van der Waals surface area contributed by atoms with Crippen molar-refractivity contribution in [2.24, 2.45) is 0 Å². The van der Waals surface area contributed by atoms with Gasteiger partial charge in [-0.25, -0.2) is 0 Å². The van der Waals surface area contributed by atoms with Crippen LogP contribution in [0.15, 0.2) is 60.8 Å². The quantitative estimate of drug-likeness (QED) is 0.117. The number of rotatable bonds is 12. The minimum absolute atomic E-state index is 0.0460. The van der Waals surface area contributed by atoms with Gasteiger partial charge in [-0.1, -0.05) is 51.1 Å². The second-order valence-corrected chi connectivity index (χ2v) is 13.3. The van der Waals surface area contributed by atoms with Crippen molar-refractivity contribution < 1.29 is 40.4 Å². The molecule has 0 heterocycles. The third-order valence-corrected chi connectivity index (χ3v) is 11.0. The maximum absolute atomic E-state index is 13.3. The van der Waals surface area contributed by atoms with Gasteiger partial charge in [-0.2, -0.15) is 26.3 Å². The molecule has 0 aliphatic rings. The van der Waals surface area contributed by atoms with Crippen LogP contribution in [0.3, 0.4) is 0 Å². The van der Waals surface area contributed by atoms with Gasteiger partial charge in [0.25, 0.3) is 0 Å². The van der Waals surface area contributed by atoms with Gasteiger partial charge in [0.2, 0.25) is 6.20 Å². The third-order valence-electron chi connectivity index (χ3n) is 6.29. The van der Waals surface area contributed by atoms with Gasteiger partial charge in [-0.05, 0) is 47.5 Å². The van der Waals surface area contributed by atoms with Crippen molar-refractivity contribution in [1.82, 2.24) is 0 Å². The summed E-state index contributed by atoms with van der Waals surface area (Å²) in [6, 6.07) is 11.8. The summed E-state index contributed by atoms with van der Waals surface area (Å²) in [5.74, 6) is 0. The molecule has 2 aromatic rings. The topological polar surface area (TPSA) is 61.6 Å². The van der Waals surface area contributed by atoms with Crippen LogP contribution >= 0.6 is 0 Å². The minimum Gasteiger partial charge on any atom is -0.401 e. The maximum atomic E-state index is 13.3. The standard InChI is InChI=1S/C25H29F6NO4Si/c1-4-37(5-2,6-3)36-23(12-13-32(33)34,20-10-8-7-9-11-20)18-35-17-19-14-21(24(26,27)28)16-22(15-19)25(29,30)31/h7-16H,4-6,17-18H2,1-3H3/t23-/m1/s1. The molecule has 0 saturated carbocycles. The number of halogens is 6. The van der Waals surface area contributed by atoms with E-state index in [9.17, 15) is 36.5 Å². The normalized spacial score (nSPS) is 14.6. The molecule has 0 unspecified atom stereocenters. The van der Waals surface area contributed by atoms with E-state index < -0.39 is 48.9 Å². The van der Waals surface area contributed by atoms with Gasteiger partial charge in [0.1, 0.15) is 5.60 Å². The number of benzene rings is 2. The van der Waals surface area contributed by atoms with Crippen LogP contribution in [0, 0.1) is 10.1 Å². The van der Waals surface area contributed by atoms with Crippen molar-refractivity contribution in [2.75, 3.05) is 6.61 Å². The largest absolute Gasteiger partial charge is 0.416 e. The first-order valence-electron chi connectivity index (χ1n) is 11.6. The van der Waals surface area contributed by atoms with Gasteiger partial charge in [0.05, 0.1) is 29.3 Å². The summed E-state index contributed by atoms with van der Waals surface area (Å²) in [5, 5.41) is 11.2. The highest BCUT2D eigenvalue weighted by atomic mass is 28.4. The number of nitrogens with zero attached hydrogens (tertiary/aromatic N) is 1. The van der Waals surface area contributed by atoms with E-state index in [1.807, 2.05) is 20.8 Å². The Hall–Kier alpha value is -2.70. The molecule has 0 bridgehead atoms. The van der Waals surface area contributed by atoms with E-state index in [1.54, 1.807) is 30.3 Å². The maximum Gasteiger partial charge on any atom is 0.416 e. The molecule has 12 heteroatoms. The Morgan fingerprint density at radius 1 is 0.865 bits per heavy atom. The highest BCUT2D eigenvalue weighted by Crippen LogP contribution is 2.38. The van der Waals surface area contributed by atoms with E-state index in [0.29, 0.717) is 42.0 Å². The Balaban J connectivity index is 2.52. The molecule has 0 amide bonds. The van der Waals surface area contributed by atoms with Crippen molar-refractivity contribution in [3.63, 3.8) is 0 Å². The zero-order chi connectivity index (χ0) is 27.9. The lowest BCUT2D eigenvalue weighted by Crippen LogP contribution is -2.47. The van der Waals surface area contributed by atoms with Gasteiger partial charge in [0.15, 0.2) is 8.32 Å². The van der Waals surface area contributed by atoms with Crippen LogP contribution in [-0.4, -0.2) is 19.8 Å². The average molecular weight is 550 g/mol. The van der Waals surface area contributed by atoms with Gasteiger partial charge < -0.3 is 9.16 Å². The molecule has 5 nitrogen and oxygen atoms in total. The van der Waals surface area contributed by atoms with E-state index in [-0.39, 0.29) is 18.2 Å². The Bertz CT molecular complexity index is 1030. The lowest BCUT2D eigenvalue weighted by atomic mass is 9.94. The predicted molar refractivity (Wildman–Crippen MR) is 129 cm³/mol. The second kappa shape index (κ2) is 12.2. The van der Waals surface area contributed by atoms with Crippen molar-refractivity contribution in [3.05, 3.63) is 93.2 Å². The molecule has 0 N–H and O–H groups in total. The van der Waals surface area contributed by atoms with E-state index in [0.717, 1.165) is 0 Å². The molecule has 0 saturated heterocycles. The van der Waals surface area contributed by atoms with E-state index in [2.05, 4.69) is 0 Å². The van der Waals surface area contributed by atoms with Crippen LogP contribution in [0.2, 0.25) is 18.1 Å². The Labute approximate surface area is 212 Å². The number of ether oxygens (including phenoxy) is 1. The third kappa shape index (κ3) is 8.14. The molecule has 1 atom stereocenters. The highest BCUT2D eigenvalue weighted by molar-refractivity contribution is 6.73. The summed E-state index contributed by atoms with van der Waals surface area (Å²) >= 11 is 0. The number of hydrogen-bond donors (Lipinski definition) is 0. The Kier molecular flexibility index (Phi) is 10.1. The van der Waals surface area contributed by atoms with Crippen LogP contribution in [0.1, 0.15) is 43.0 Å². The molecule has 2 rings (SSSR count). The summed E-state index contributed by atoms with van der Waals surface area (Å²) in [4.78, 5) is 10.6. The molecule has 37 heavy (non-hydrogen) atoms. The van der Waals surface area contributed by atoms with Gasteiger partial charge >= 0.3 is 12.4 Å². The first-order chi connectivity index (χ1) is 17.2. The molecular weight excluding hydrogens is 520 g/mol. The fourth-order valence-corrected chi connectivity index (χ4v) is 6.98. The summed E-state index contributed by atoms with van der Waals surface area (Å²) in [6.07, 6.45) is -8.03. The zero-order valence-electron chi connectivity index (χ0n) is 20.7. The Morgan fingerprint density at radius 3 is 1.81 bits per heavy atom. The lowest BCUT2D eigenvalue weighted by Gasteiger charge is -2.40. The van der Waals surface area contributed by atoms with Crippen LogP contribution in [0.5, 0.6) is 0 Å². The van der Waals surface area contributed by atoms with E-state index >= 15 is 0 Å². The molecule has 0 aliphatic carbocycles. The molecule has 2 aromatic carbocycles. The first-order valence-corrected chi connectivity index (χ1v) is 14.2. The van der Waals surface area contributed by atoms with Gasteiger partial charge in [-0.3, -0.25) is 10.1 Å². The highest BCUT2D eigenvalue weighted by Gasteiger charge is 2.42. The summed E-state index contributed by atoms with van der Waals surface area (Å²) in [6.45, 7) is 4.89. The number of nitro groups is 1. The fraction of sp³-hybridized carbons (Fsp3) is 0.440. The van der Waals surface area contributed by atoms with E-state index in [4.69, 9.17) is 9.16 Å². The van der Waals surface area contributed by atoms with Crippen LogP contribution in [0.25, 0.3) is 0 Å². The summed E-state index contributed by atoms with van der Waals surface area (Å²) in [5.41, 5.74) is -4.20. The molecule has 0 fully saturated rings. The smallest absolute Gasteiger partial charge is 0.401 e. The van der Waals surface area contributed by atoms with Crippen molar-refractivity contribution in [1.29, 1.82) is 0 Å². The molecule has 0 spiro atoms. The van der Waals surface area contributed by atoms with Crippen molar-refractivity contribution >= 4 is 8.32 Å². The first kappa shape index (κ1) is 30.5. The van der Waals surface area contributed by atoms with Gasteiger partial charge in [0, 0.05) is 6.08 Å². The second-order valence-electron chi connectivity index (χ2n) is 8.61. The summed E-state index contributed by atoms with van der Waals surface area (Å²) in [7, 11) is -2.46. The van der Waals surface area contributed by atoms with Crippen molar-refractivity contribution in [2.45, 2.75) is 63.5 Å². The lowest BCUT2D eigenvalue weighted by molar-refractivity contribution is -0.403. The monoisotopic (exact) mass is 549 g/mol. The SMILES string of the molecule is CC[Si](CC)(CC)O[C@](C=C[N+](=O)[O-])(COCc1cc(C(F)(F)F)cc(C(F)(F)F)c1)c1ccccc1. The Morgan fingerprint density at radius 2 is 1.38 bits per heavy atom. The van der Waals surface area contributed by atoms with Crippen LogP contribution in [0.4, 0.5) is 26.3 Å². The number of hydrogen-bond acceptors (Lipinski definition) is 4. The van der Waals surface area contributed by atoms with Gasteiger partial charge in [-0.15, -0.1) is 0 Å². The minimum atomic E-state index is -4.99. The fourth-order valence-electron chi connectivity index (χ4n) is 4.03. The van der Waals surface area contributed by atoms with Crippen LogP contribution in [-0.2, 0) is 33.7 Å².